The van der Waals surface area contributed by atoms with E-state index in [-0.39, 0.29) is 30.7 Å². The molecule has 0 aromatic heterocycles. The van der Waals surface area contributed by atoms with E-state index in [2.05, 4.69) is 17.5 Å². The second-order valence-corrected chi connectivity index (χ2v) is 9.25. The highest BCUT2D eigenvalue weighted by atomic mass is 16.2. The Labute approximate surface area is 186 Å². The molecule has 4 aliphatic rings. The van der Waals surface area contributed by atoms with E-state index in [1.807, 2.05) is 30.3 Å². The fraction of sp³-hybridized carbons (Fsp3) is 0.346. The lowest BCUT2D eigenvalue weighted by Crippen LogP contribution is -2.49. The lowest BCUT2D eigenvalue weighted by molar-refractivity contribution is -0.121. The highest BCUT2D eigenvalue weighted by Crippen LogP contribution is 2.45. The Kier molecular flexibility index (Phi) is 4.42. The minimum atomic E-state index is -0.510. The van der Waals surface area contributed by atoms with Gasteiger partial charge in [-0.3, -0.25) is 19.3 Å². The summed E-state index contributed by atoms with van der Waals surface area (Å²) < 4.78 is 0. The molecule has 6 rings (SSSR count). The molecule has 1 N–H and O–H groups in total. The third-order valence-electron chi connectivity index (χ3n) is 7.44. The maximum Gasteiger partial charge on any atom is 0.260 e. The zero-order valence-electron chi connectivity index (χ0n) is 17.7. The molecule has 2 bridgehead atoms. The fourth-order valence-electron chi connectivity index (χ4n) is 5.88. The van der Waals surface area contributed by atoms with E-state index in [0.29, 0.717) is 41.1 Å². The van der Waals surface area contributed by atoms with Gasteiger partial charge in [-0.15, -0.1) is 0 Å². The number of anilines is 1. The SMILES string of the molecule is O=C(CCN1C(=O)c2ccccc2N2C(=O)c3ccccc3C12)NCC1CC2C=CC1C2. The summed E-state index contributed by atoms with van der Waals surface area (Å²) in [5, 5.41) is 3.08. The van der Waals surface area contributed by atoms with Crippen molar-refractivity contribution in [2.45, 2.75) is 25.4 Å². The molecule has 32 heavy (non-hydrogen) atoms. The molecule has 3 amide bonds. The summed E-state index contributed by atoms with van der Waals surface area (Å²) in [5.74, 6) is 1.50. The topological polar surface area (TPSA) is 69.7 Å². The predicted octanol–water partition coefficient (Wildman–Crippen LogP) is 3.52. The number of allylic oxidation sites excluding steroid dienone is 2. The predicted molar refractivity (Wildman–Crippen MR) is 120 cm³/mol. The van der Waals surface area contributed by atoms with Gasteiger partial charge in [0.1, 0.15) is 6.17 Å². The van der Waals surface area contributed by atoms with E-state index in [0.717, 1.165) is 12.0 Å². The number of rotatable bonds is 5. The number of benzene rings is 2. The molecule has 162 valence electrons. The molecule has 1 fully saturated rings. The van der Waals surface area contributed by atoms with Gasteiger partial charge in [0.2, 0.25) is 5.91 Å². The number of carbonyl (C=O) groups excluding carboxylic acids is 3. The van der Waals surface area contributed by atoms with Crippen LogP contribution in [-0.4, -0.2) is 35.7 Å². The summed E-state index contributed by atoms with van der Waals surface area (Å²) in [6, 6.07) is 14.6. The lowest BCUT2D eigenvalue weighted by Gasteiger charge is -2.40. The Bertz CT molecular complexity index is 1160. The van der Waals surface area contributed by atoms with Crippen molar-refractivity contribution in [1.82, 2.24) is 10.2 Å². The normalized spacial score (nSPS) is 26.9. The van der Waals surface area contributed by atoms with Crippen LogP contribution in [0.5, 0.6) is 0 Å². The molecule has 2 aliphatic heterocycles. The van der Waals surface area contributed by atoms with Crippen molar-refractivity contribution in [2.75, 3.05) is 18.0 Å². The van der Waals surface area contributed by atoms with Crippen molar-refractivity contribution < 1.29 is 14.4 Å². The third-order valence-corrected chi connectivity index (χ3v) is 7.44. The smallest absolute Gasteiger partial charge is 0.260 e. The first kappa shape index (κ1) is 19.3. The van der Waals surface area contributed by atoms with E-state index in [1.165, 1.54) is 6.42 Å². The average Bonchev–Trinajstić information content (AvgIpc) is 3.52. The summed E-state index contributed by atoms with van der Waals surface area (Å²) in [5.41, 5.74) is 2.56. The molecule has 2 aromatic rings. The van der Waals surface area contributed by atoms with Crippen LogP contribution in [0.1, 0.15) is 51.7 Å². The van der Waals surface area contributed by atoms with Gasteiger partial charge in [0.25, 0.3) is 11.8 Å². The second-order valence-electron chi connectivity index (χ2n) is 9.25. The van der Waals surface area contributed by atoms with Crippen LogP contribution in [-0.2, 0) is 4.79 Å². The molecule has 4 unspecified atom stereocenters. The minimum Gasteiger partial charge on any atom is -0.356 e. The maximum atomic E-state index is 13.4. The molecule has 2 heterocycles. The number of nitrogens with zero attached hydrogens (tertiary/aromatic N) is 2. The number of hydrogen-bond acceptors (Lipinski definition) is 3. The Morgan fingerprint density at radius 3 is 2.50 bits per heavy atom. The fourth-order valence-corrected chi connectivity index (χ4v) is 5.88. The second kappa shape index (κ2) is 7.33. The quantitative estimate of drug-likeness (QED) is 0.743. The first-order chi connectivity index (χ1) is 15.6. The molecule has 2 aromatic carbocycles. The van der Waals surface area contributed by atoms with Crippen molar-refractivity contribution in [3.8, 4) is 0 Å². The number of para-hydroxylation sites is 1. The van der Waals surface area contributed by atoms with E-state index in [1.54, 1.807) is 28.0 Å². The van der Waals surface area contributed by atoms with E-state index in [9.17, 15) is 14.4 Å². The van der Waals surface area contributed by atoms with E-state index < -0.39 is 6.17 Å². The summed E-state index contributed by atoms with van der Waals surface area (Å²) in [6.45, 7) is 0.955. The maximum absolute atomic E-state index is 13.4. The number of hydrogen-bond donors (Lipinski definition) is 1. The van der Waals surface area contributed by atoms with Gasteiger partial charge in [0.05, 0.1) is 11.3 Å². The Morgan fingerprint density at radius 1 is 0.938 bits per heavy atom. The Balaban J connectivity index is 1.21. The molecular weight excluding hydrogens is 402 g/mol. The number of nitrogens with one attached hydrogen (secondary N) is 1. The van der Waals surface area contributed by atoms with Gasteiger partial charge in [-0.1, -0.05) is 42.5 Å². The molecule has 0 spiro atoms. The molecule has 0 radical (unpaired) electrons. The highest BCUT2D eigenvalue weighted by Gasteiger charge is 2.47. The first-order valence-corrected chi connectivity index (χ1v) is 11.4. The van der Waals surface area contributed by atoms with Crippen molar-refractivity contribution in [1.29, 1.82) is 0 Å². The van der Waals surface area contributed by atoms with Crippen LogP contribution in [0, 0.1) is 17.8 Å². The Morgan fingerprint density at radius 2 is 1.72 bits per heavy atom. The standard InChI is InChI=1S/C26H25N3O3/c30-23(27-15-18-14-16-9-10-17(18)13-16)11-12-28-24-19-5-1-2-6-20(19)26(32)29(24)22-8-4-3-7-21(22)25(28)31/h1-10,16-18,24H,11-15H2,(H,27,30). The monoisotopic (exact) mass is 427 g/mol. The van der Waals surface area contributed by atoms with Crippen LogP contribution >= 0.6 is 0 Å². The van der Waals surface area contributed by atoms with Crippen LogP contribution in [0.4, 0.5) is 5.69 Å². The average molecular weight is 428 g/mol. The van der Waals surface area contributed by atoms with Crippen LogP contribution in [0.2, 0.25) is 0 Å². The molecule has 6 nitrogen and oxygen atoms in total. The summed E-state index contributed by atoms with van der Waals surface area (Å²) in [4.78, 5) is 42.6. The number of amides is 3. The zero-order valence-corrected chi connectivity index (χ0v) is 17.7. The van der Waals surface area contributed by atoms with Gasteiger partial charge in [0.15, 0.2) is 0 Å². The molecule has 6 heteroatoms. The zero-order chi connectivity index (χ0) is 21.8. The van der Waals surface area contributed by atoms with Gasteiger partial charge < -0.3 is 10.2 Å². The van der Waals surface area contributed by atoms with Gasteiger partial charge in [-0.25, -0.2) is 0 Å². The number of fused-ring (bicyclic) bond motifs is 7. The molecular formula is C26H25N3O3. The third kappa shape index (κ3) is 2.89. The molecule has 0 saturated heterocycles. The summed E-state index contributed by atoms with van der Waals surface area (Å²) in [7, 11) is 0. The lowest BCUT2D eigenvalue weighted by atomic mass is 9.93. The summed E-state index contributed by atoms with van der Waals surface area (Å²) in [6.07, 6.45) is 6.66. The van der Waals surface area contributed by atoms with E-state index >= 15 is 0 Å². The van der Waals surface area contributed by atoms with Gasteiger partial charge in [-0.2, -0.15) is 0 Å². The molecule has 4 atom stereocenters. The largest absolute Gasteiger partial charge is 0.356 e. The minimum absolute atomic E-state index is 0.0485. The highest BCUT2D eigenvalue weighted by molar-refractivity contribution is 6.16. The van der Waals surface area contributed by atoms with Crippen LogP contribution < -0.4 is 10.2 Å². The van der Waals surface area contributed by atoms with Crippen molar-refractivity contribution in [3.63, 3.8) is 0 Å². The van der Waals surface area contributed by atoms with Gasteiger partial charge in [-0.05, 0) is 48.8 Å². The van der Waals surface area contributed by atoms with Gasteiger partial charge >= 0.3 is 0 Å². The molecule has 1 saturated carbocycles. The van der Waals surface area contributed by atoms with Crippen molar-refractivity contribution >= 4 is 23.4 Å². The van der Waals surface area contributed by atoms with Crippen LogP contribution in [0.25, 0.3) is 0 Å². The van der Waals surface area contributed by atoms with Crippen LogP contribution in [0.15, 0.2) is 60.7 Å². The summed E-state index contributed by atoms with van der Waals surface area (Å²) >= 11 is 0. The van der Waals surface area contributed by atoms with Crippen LogP contribution in [0.3, 0.4) is 0 Å². The first-order valence-electron chi connectivity index (χ1n) is 11.4. The number of carbonyl (C=O) groups is 3. The van der Waals surface area contributed by atoms with E-state index in [4.69, 9.17) is 0 Å². The van der Waals surface area contributed by atoms with Crippen molar-refractivity contribution in [2.24, 2.45) is 17.8 Å². The van der Waals surface area contributed by atoms with Gasteiger partial charge in [0, 0.05) is 30.6 Å². The Hall–Kier alpha value is -3.41. The van der Waals surface area contributed by atoms with Crippen molar-refractivity contribution in [3.05, 3.63) is 77.4 Å². The molecule has 2 aliphatic carbocycles.